The van der Waals surface area contributed by atoms with Gasteiger partial charge in [-0.05, 0) is 47.4 Å². The van der Waals surface area contributed by atoms with E-state index in [0.29, 0.717) is 11.1 Å². The fourth-order valence-corrected chi connectivity index (χ4v) is 4.81. The molecule has 0 radical (unpaired) electrons. The van der Waals surface area contributed by atoms with Gasteiger partial charge in [-0.3, -0.25) is 19.4 Å². The lowest BCUT2D eigenvalue weighted by atomic mass is 10.0. The molecule has 0 saturated carbocycles. The van der Waals surface area contributed by atoms with Gasteiger partial charge in [0, 0.05) is 42.2 Å². The number of hydrogen-bond donors (Lipinski definition) is 3. The molecule has 12 heteroatoms. The standard InChI is InChI=1S/C30H23Cl2F3N2O5/c31-22-13-23(28(41)24(32)14-22)29(42)37(15-18-4-7-21(8-5-18)30(33,34)35)16-19-3-1-2-17(10-19)6-9-25(38)20-11-26(39)36-27(40)12-20/h1-5,7-8,10-14,41H,6,9,15-16H2,(H2,36,39,40). The van der Waals surface area contributed by atoms with Gasteiger partial charge in [-0.25, -0.2) is 0 Å². The van der Waals surface area contributed by atoms with Crippen molar-refractivity contribution < 1.29 is 33.0 Å². The zero-order valence-corrected chi connectivity index (χ0v) is 23.2. The number of carbonyl (C=O) groups excluding carboxylic acids is 2. The summed E-state index contributed by atoms with van der Waals surface area (Å²) in [6.07, 6.45) is -4.19. The van der Waals surface area contributed by atoms with Crippen molar-refractivity contribution in [3.63, 3.8) is 0 Å². The summed E-state index contributed by atoms with van der Waals surface area (Å²) in [6, 6.07) is 16.2. The summed E-state index contributed by atoms with van der Waals surface area (Å²) in [5.41, 5.74) is 0.244. The number of phenols is 1. The molecular formula is C30H23Cl2F3N2O5. The third-order valence-corrected chi connectivity index (χ3v) is 6.86. The molecule has 42 heavy (non-hydrogen) atoms. The van der Waals surface area contributed by atoms with Gasteiger partial charge in [0.25, 0.3) is 11.5 Å². The van der Waals surface area contributed by atoms with Gasteiger partial charge in [0.05, 0.1) is 16.1 Å². The van der Waals surface area contributed by atoms with E-state index >= 15 is 0 Å². The number of Topliss-reactive ketones (excluding diaryl/α,β-unsaturated/α-hetero) is 1. The smallest absolute Gasteiger partial charge is 0.416 e. The number of alkyl halides is 3. The molecule has 3 aromatic carbocycles. The van der Waals surface area contributed by atoms with Crippen LogP contribution in [0, 0.1) is 0 Å². The number of pyridine rings is 1. The molecule has 4 aromatic rings. The Hall–Kier alpha value is -4.28. The van der Waals surface area contributed by atoms with Crippen LogP contribution in [0.2, 0.25) is 10.0 Å². The van der Waals surface area contributed by atoms with Gasteiger partial charge in [0.1, 0.15) is 5.75 Å². The number of nitrogens with one attached hydrogen (secondary N) is 1. The minimum Gasteiger partial charge on any atom is -0.506 e. The molecule has 0 saturated heterocycles. The highest BCUT2D eigenvalue weighted by Crippen LogP contribution is 2.33. The first-order valence-electron chi connectivity index (χ1n) is 12.5. The average Bonchev–Trinajstić information content (AvgIpc) is 2.92. The number of aromatic hydroxyl groups is 2. The number of phenolic OH excluding ortho intramolecular Hbond substituents is 1. The summed E-state index contributed by atoms with van der Waals surface area (Å²) in [6.45, 7) is -0.109. The van der Waals surface area contributed by atoms with Gasteiger partial charge >= 0.3 is 6.18 Å². The Balaban J connectivity index is 1.58. The topological polar surface area (TPSA) is 111 Å². The molecule has 218 valence electrons. The Morgan fingerprint density at radius 2 is 1.52 bits per heavy atom. The van der Waals surface area contributed by atoms with Gasteiger partial charge in [-0.2, -0.15) is 13.2 Å². The molecule has 0 bridgehead atoms. The lowest BCUT2D eigenvalue weighted by Crippen LogP contribution is -2.30. The predicted octanol–water partition coefficient (Wildman–Crippen LogP) is 6.77. The van der Waals surface area contributed by atoms with E-state index in [9.17, 15) is 37.8 Å². The van der Waals surface area contributed by atoms with Crippen molar-refractivity contribution in [3.05, 3.63) is 127 Å². The summed E-state index contributed by atoms with van der Waals surface area (Å²) in [7, 11) is 0. The van der Waals surface area contributed by atoms with Gasteiger partial charge in [-0.1, -0.05) is 59.6 Å². The number of halogens is 5. The van der Waals surface area contributed by atoms with Gasteiger partial charge < -0.3 is 15.1 Å². The van der Waals surface area contributed by atoms with Crippen molar-refractivity contribution in [2.24, 2.45) is 0 Å². The molecule has 1 amide bonds. The fourth-order valence-electron chi connectivity index (χ4n) is 4.31. The summed E-state index contributed by atoms with van der Waals surface area (Å²) in [5, 5.41) is 20.0. The zero-order valence-electron chi connectivity index (χ0n) is 21.7. The number of amides is 1. The van der Waals surface area contributed by atoms with Crippen molar-refractivity contribution in [1.29, 1.82) is 0 Å². The van der Waals surface area contributed by atoms with E-state index in [1.54, 1.807) is 24.3 Å². The Labute approximate surface area is 247 Å². The van der Waals surface area contributed by atoms with Crippen LogP contribution in [0.3, 0.4) is 0 Å². The van der Waals surface area contributed by atoms with Gasteiger partial charge in [0.2, 0.25) is 0 Å². The molecule has 1 heterocycles. The minimum atomic E-state index is -4.52. The van der Waals surface area contributed by atoms with E-state index < -0.39 is 34.8 Å². The van der Waals surface area contributed by atoms with E-state index in [-0.39, 0.29) is 52.9 Å². The second-order valence-electron chi connectivity index (χ2n) is 9.50. The van der Waals surface area contributed by atoms with Crippen LogP contribution in [0.15, 0.2) is 77.6 Å². The normalized spacial score (nSPS) is 11.4. The van der Waals surface area contributed by atoms with Crippen molar-refractivity contribution in [3.8, 4) is 11.6 Å². The lowest BCUT2D eigenvalue weighted by molar-refractivity contribution is -0.137. The first-order valence-corrected chi connectivity index (χ1v) is 13.2. The third kappa shape index (κ3) is 7.71. The predicted molar refractivity (Wildman–Crippen MR) is 151 cm³/mol. The quantitative estimate of drug-likeness (QED) is 0.179. The van der Waals surface area contributed by atoms with Crippen LogP contribution in [-0.4, -0.2) is 31.8 Å². The van der Waals surface area contributed by atoms with Crippen LogP contribution in [0.25, 0.3) is 0 Å². The first-order chi connectivity index (χ1) is 19.8. The van der Waals surface area contributed by atoms with Crippen molar-refractivity contribution >= 4 is 34.9 Å². The van der Waals surface area contributed by atoms with E-state index in [4.69, 9.17) is 23.2 Å². The van der Waals surface area contributed by atoms with Gasteiger partial charge in [-0.15, -0.1) is 0 Å². The first kappa shape index (κ1) is 30.7. The molecule has 0 unspecified atom stereocenters. The average molecular weight is 619 g/mol. The van der Waals surface area contributed by atoms with Crippen molar-refractivity contribution in [2.75, 3.05) is 0 Å². The Morgan fingerprint density at radius 3 is 2.19 bits per heavy atom. The van der Waals surface area contributed by atoms with E-state index in [1.807, 2.05) is 0 Å². The second-order valence-corrected chi connectivity index (χ2v) is 10.3. The maximum Gasteiger partial charge on any atom is 0.416 e. The van der Waals surface area contributed by atoms with Crippen LogP contribution >= 0.6 is 23.2 Å². The van der Waals surface area contributed by atoms with E-state index in [1.165, 1.54) is 35.2 Å². The van der Waals surface area contributed by atoms with E-state index in [2.05, 4.69) is 4.98 Å². The van der Waals surface area contributed by atoms with Crippen LogP contribution in [0.4, 0.5) is 13.2 Å². The Morgan fingerprint density at radius 1 is 0.857 bits per heavy atom. The van der Waals surface area contributed by atoms with Gasteiger partial charge in [0.15, 0.2) is 11.7 Å². The molecule has 0 aliphatic heterocycles. The van der Waals surface area contributed by atoms with Crippen molar-refractivity contribution in [2.45, 2.75) is 32.1 Å². The highest BCUT2D eigenvalue weighted by Gasteiger charge is 2.30. The number of nitrogens with zero attached hydrogens (tertiary/aromatic N) is 1. The number of rotatable bonds is 9. The lowest BCUT2D eigenvalue weighted by Gasteiger charge is -2.24. The van der Waals surface area contributed by atoms with Crippen molar-refractivity contribution in [1.82, 2.24) is 9.88 Å². The number of H-pyrrole nitrogens is 1. The fraction of sp³-hybridized carbons (Fsp3) is 0.167. The monoisotopic (exact) mass is 618 g/mol. The third-order valence-electron chi connectivity index (χ3n) is 6.36. The molecule has 7 nitrogen and oxygen atoms in total. The molecule has 0 aliphatic rings. The summed E-state index contributed by atoms with van der Waals surface area (Å²) in [4.78, 5) is 41.2. The molecule has 0 spiro atoms. The SMILES string of the molecule is O=C(CCc1cccc(CN(Cc2ccc(C(F)(F)F)cc2)C(=O)c2cc(Cl)cc(Cl)c2O)c1)c1cc(O)[nH]c(=O)c1. The molecule has 0 fully saturated rings. The maximum atomic E-state index is 13.6. The highest BCUT2D eigenvalue weighted by molar-refractivity contribution is 6.36. The summed E-state index contributed by atoms with van der Waals surface area (Å²) >= 11 is 12.1. The molecular weight excluding hydrogens is 596 g/mol. The minimum absolute atomic E-state index is 0.00680. The highest BCUT2D eigenvalue weighted by atomic mass is 35.5. The van der Waals surface area contributed by atoms with Crippen LogP contribution < -0.4 is 5.56 Å². The number of hydrogen-bond acceptors (Lipinski definition) is 5. The molecule has 0 atom stereocenters. The second kappa shape index (κ2) is 12.7. The Bertz CT molecular complexity index is 1690. The maximum absolute atomic E-state index is 13.6. The van der Waals surface area contributed by atoms with Crippen LogP contribution in [0.1, 0.15) is 49.4 Å². The zero-order chi connectivity index (χ0) is 30.6. The largest absolute Gasteiger partial charge is 0.506 e. The number of aromatic amines is 1. The van der Waals surface area contributed by atoms with Crippen LogP contribution in [-0.2, 0) is 25.7 Å². The number of benzene rings is 3. The molecule has 3 N–H and O–H groups in total. The number of aromatic nitrogens is 1. The van der Waals surface area contributed by atoms with E-state index in [0.717, 1.165) is 23.8 Å². The molecule has 4 rings (SSSR count). The molecule has 1 aromatic heterocycles. The number of aryl methyl sites for hydroxylation is 1. The summed E-state index contributed by atoms with van der Waals surface area (Å²) in [5.74, 6) is -1.92. The summed E-state index contributed by atoms with van der Waals surface area (Å²) < 4.78 is 39.2. The number of carbonyl (C=O) groups is 2. The number of ketones is 1. The Kier molecular flexibility index (Phi) is 9.28. The van der Waals surface area contributed by atoms with Crippen LogP contribution in [0.5, 0.6) is 11.6 Å². The molecule has 0 aliphatic carbocycles.